The molecule has 132 valence electrons. The smallest absolute Gasteiger partial charge is 0.236 e. The molecule has 6 heteroatoms. The summed E-state index contributed by atoms with van der Waals surface area (Å²) in [6, 6.07) is 6.00. The third-order valence-electron chi connectivity index (χ3n) is 4.89. The summed E-state index contributed by atoms with van der Waals surface area (Å²) in [5.74, 6) is 1.25. The topological polar surface area (TPSA) is 48.9 Å². The van der Waals surface area contributed by atoms with Crippen molar-refractivity contribution in [2.75, 3.05) is 57.3 Å². The van der Waals surface area contributed by atoms with Gasteiger partial charge in [-0.3, -0.25) is 9.69 Å². The zero-order valence-electron chi connectivity index (χ0n) is 14.6. The van der Waals surface area contributed by atoms with Crippen LogP contribution in [0.2, 0.25) is 0 Å². The number of carbonyl (C=O) groups is 1. The number of hydrogen-bond donors (Lipinski definition) is 0. The first-order chi connectivity index (χ1) is 11.8. The van der Waals surface area contributed by atoms with Crippen molar-refractivity contribution in [1.29, 1.82) is 0 Å². The van der Waals surface area contributed by atoms with Crippen LogP contribution in [0.1, 0.15) is 19.8 Å². The van der Waals surface area contributed by atoms with Crippen LogP contribution < -0.4 is 4.90 Å². The van der Waals surface area contributed by atoms with Gasteiger partial charge in [0.25, 0.3) is 0 Å². The van der Waals surface area contributed by atoms with E-state index in [2.05, 4.69) is 14.8 Å². The number of piperazine rings is 1. The first kappa shape index (κ1) is 17.2. The van der Waals surface area contributed by atoms with Crippen LogP contribution in [0.5, 0.6) is 0 Å². The second-order valence-electron chi connectivity index (χ2n) is 6.52. The minimum absolute atomic E-state index is 0.222. The highest BCUT2D eigenvalue weighted by Crippen LogP contribution is 2.15. The van der Waals surface area contributed by atoms with Crippen molar-refractivity contribution in [3.8, 4) is 0 Å². The summed E-state index contributed by atoms with van der Waals surface area (Å²) >= 11 is 0. The van der Waals surface area contributed by atoms with Crippen LogP contribution in [0.3, 0.4) is 0 Å². The molecule has 0 radical (unpaired) electrons. The average molecular weight is 332 g/mol. The Morgan fingerprint density at radius 3 is 2.79 bits per heavy atom. The lowest BCUT2D eigenvalue weighted by Gasteiger charge is -2.36. The molecule has 1 atom stereocenters. The van der Waals surface area contributed by atoms with Crippen molar-refractivity contribution in [3.63, 3.8) is 0 Å². The molecule has 0 bridgehead atoms. The van der Waals surface area contributed by atoms with E-state index in [1.54, 1.807) is 0 Å². The standard InChI is InChI=1S/C18H28N4O2/c1-2-21(14-16-6-5-13-24-16)18(23)15-20-9-11-22(12-10-20)17-7-3-4-8-19-17/h3-4,7-8,16H,2,5-6,9-15H2,1H3/t16-/m1/s1. The summed E-state index contributed by atoms with van der Waals surface area (Å²) in [7, 11) is 0. The van der Waals surface area contributed by atoms with Gasteiger partial charge in [-0.15, -0.1) is 0 Å². The largest absolute Gasteiger partial charge is 0.376 e. The van der Waals surface area contributed by atoms with Gasteiger partial charge < -0.3 is 14.5 Å². The van der Waals surface area contributed by atoms with E-state index < -0.39 is 0 Å². The number of rotatable bonds is 6. The molecule has 2 aliphatic heterocycles. The number of pyridine rings is 1. The number of nitrogens with zero attached hydrogens (tertiary/aromatic N) is 4. The molecular formula is C18H28N4O2. The van der Waals surface area contributed by atoms with Gasteiger partial charge in [0, 0.05) is 52.1 Å². The minimum atomic E-state index is 0.222. The molecule has 0 saturated carbocycles. The Kier molecular flexibility index (Phi) is 6.04. The summed E-state index contributed by atoms with van der Waals surface area (Å²) in [5.41, 5.74) is 0. The Bertz CT molecular complexity index is 511. The van der Waals surface area contributed by atoms with Gasteiger partial charge in [0.15, 0.2) is 0 Å². The number of likely N-dealkylation sites (N-methyl/N-ethyl adjacent to an activating group) is 1. The van der Waals surface area contributed by atoms with Crippen LogP contribution in [0.25, 0.3) is 0 Å². The third kappa shape index (κ3) is 4.45. The van der Waals surface area contributed by atoms with Crippen molar-refractivity contribution < 1.29 is 9.53 Å². The SMILES string of the molecule is CCN(C[C@H]1CCCO1)C(=O)CN1CCN(c2ccccn2)CC1. The minimum Gasteiger partial charge on any atom is -0.376 e. The maximum Gasteiger partial charge on any atom is 0.236 e. The Labute approximate surface area is 144 Å². The predicted molar refractivity (Wildman–Crippen MR) is 94.1 cm³/mol. The third-order valence-corrected chi connectivity index (χ3v) is 4.89. The van der Waals surface area contributed by atoms with E-state index in [9.17, 15) is 4.79 Å². The quantitative estimate of drug-likeness (QED) is 0.784. The van der Waals surface area contributed by atoms with Crippen molar-refractivity contribution >= 4 is 11.7 Å². The van der Waals surface area contributed by atoms with E-state index in [1.165, 1.54) is 0 Å². The summed E-state index contributed by atoms with van der Waals surface area (Å²) in [5, 5.41) is 0. The lowest BCUT2D eigenvalue weighted by Crippen LogP contribution is -2.51. The zero-order valence-corrected chi connectivity index (χ0v) is 14.6. The molecule has 1 aromatic heterocycles. The highest BCUT2D eigenvalue weighted by atomic mass is 16.5. The van der Waals surface area contributed by atoms with Crippen LogP contribution in [-0.2, 0) is 9.53 Å². The number of carbonyl (C=O) groups excluding carboxylic acids is 1. The molecule has 0 unspecified atom stereocenters. The number of hydrogen-bond acceptors (Lipinski definition) is 5. The number of ether oxygens (including phenoxy) is 1. The summed E-state index contributed by atoms with van der Waals surface area (Å²) in [4.78, 5) is 23.5. The lowest BCUT2D eigenvalue weighted by atomic mass is 10.2. The van der Waals surface area contributed by atoms with E-state index in [0.717, 1.165) is 64.5 Å². The van der Waals surface area contributed by atoms with Crippen molar-refractivity contribution in [3.05, 3.63) is 24.4 Å². The summed E-state index contributed by atoms with van der Waals surface area (Å²) < 4.78 is 5.67. The molecule has 0 aliphatic carbocycles. The van der Waals surface area contributed by atoms with Crippen LogP contribution in [-0.4, -0.2) is 79.2 Å². The van der Waals surface area contributed by atoms with Gasteiger partial charge in [-0.25, -0.2) is 4.98 Å². The fraction of sp³-hybridized carbons (Fsp3) is 0.667. The maximum absolute atomic E-state index is 12.6. The normalized spacial score (nSPS) is 21.9. The molecular weight excluding hydrogens is 304 g/mol. The van der Waals surface area contributed by atoms with Crippen molar-refractivity contribution in [2.24, 2.45) is 0 Å². The molecule has 6 nitrogen and oxygen atoms in total. The number of anilines is 1. The first-order valence-corrected chi connectivity index (χ1v) is 9.04. The molecule has 2 aliphatic rings. The second-order valence-corrected chi connectivity index (χ2v) is 6.52. The second kappa shape index (κ2) is 8.44. The lowest BCUT2D eigenvalue weighted by molar-refractivity contribution is -0.133. The van der Waals surface area contributed by atoms with E-state index in [-0.39, 0.29) is 12.0 Å². The molecule has 1 amide bonds. The fourth-order valence-electron chi connectivity index (χ4n) is 3.41. The van der Waals surface area contributed by atoms with Gasteiger partial charge in [-0.05, 0) is 31.9 Å². The monoisotopic (exact) mass is 332 g/mol. The van der Waals surface area contributed by atoms with Gasteiger partial charge in [0.2, 0.25) is 5.91 Å². The molecule has 2 fully saturated rings. The van der Waals surface area contributed by atoms with Gasteiger partial charge >= 0.3 is 0 Å². The van der Waals surface area contributed by atoms with Gasteiger partial charge in [-0.1, -0.05) is 6.07 Å². The highest BCUT2D eigenvalue weighted by Gasteiger charge is 2.24. The van der Waals surface area contributed by atoms with Crippen LogP contribution in [0, 0.1) is 0 Å². The summed E-state index contributed by atoms with van der Waals surface area (Å²) in [6.45, 7) is 8.54. The fourth-order valence-corrected chi connectivity index (χ4v) is 3.41. The van der Waals surface area contributed by atoms with Crippen molar-refractivity contribution in [2.45, 2.75) is 25.9 Å². The van der Waals surface area contributed by atoms with Crippen LogP contribution >= 0.6 is 0 Å². The molecule has 0 aromatic carbocycles. The highest BCUT2D eigenvalue weighted by molar-refractivity contribution is 5.78. The molecule has 2 saturated heterocycles. The molecule has 3 rings (SSSR count). The Morgan fingerprint density at radius 1 is 1.33 bits per heavy atom. The molecule has 3 heterocycles. The van der Waals surface area contributed by atoms with Crippen LogP contribution in [0.4, 0.5) is 5.82 Å². The molecule has 1 aromatic rings. The van der Waals surface area contributed by atoms with Gasteiger partial charge in [-0.2, -0.15) is 0 Å². The average Bonchev–Trinajstić information content (AvgIpc) is 3.14. The predicted octanol–water partition coefficient (Wildman–Crippen LogP) is 1.23. The van der Waals surface area contributed by atoms with Gasteiger partial charge in [0.05, 0.1) is 12.6 Å². The first-order valence-electron chi connectivity index (χ1n) is 9.04. The molecule has 0 spiro atoms. The number of aromatic nitrogens is 1. The van der Waals surface area contributed by atoms with E-state index >= 15 is 0 Å². The Morgan fingerprint density at radius 2 is 2.17 bits per heavy atom. The van der Waals surface area contributed by atoms with E-state index in [1.807, 2.05) is 36.2 Å². The van der Waals surface area contributed by atoms with E-state index in [4.69, 9.17) is 4.74 Å². The Balaban J connectivity index is 1.45. The number of amides is 1. The summed E-state index contributed by atoms with van der Waals surface area (Å²) in [6.07, 6.45) is 4.25. The maximum atomic E-state index is 12.6. The Hall–Kier alpha value is -1.66. The molecule has 24 heavy (non-hydrogen) atoms. The van der Waals surface area contributed by atoms with Gasteiger partial charge in [0.1, 0.15) is 5.82 Å². The zero-order chi connectivity index (χ0) is 16.8. The van der Waals surface area contributed by atoms with Crippen LogP contribution in [0.15, 0.2) is 24.4 Å². The van der Waals surface area contributed by atoms with E-state index in [0.29, 0.717) is 6.54 Å². The van der Waals surface area contributed by atoms with Crippen molar-refractivity contribution in [1.82, 2.24) is 14.8 Å². The molecule has 0 N–H and O–H groups in total.